The van der Waals surface area contributed by atoms with Crippen LogP contribution in [0.1, 0.15) is 17.8 Å². The molecule has 0 aliphatic carbocycles. The van der Waals surface area contributed by atoms with Gasteiger partial charge in [0.2, 0.25) is 0 Å². The maximum Gasteiger partial charge on any atom is 0.0647 e. The van der Waals surface area contributed by atoms with Gasteiger partial charge in [-0.3, -0.25) is 4.98 Å². The molecule has 0 aromatic carbocycles. The van der Waals surface area contributed by atoms with Gasteiger partial charge in [-0.1, -0.05) is 6.07 Å². The first-order chi connectivity index (χ1) is 8.38. The van der Waals surface area contributed by atoms with E-state index in [0.717, 1.165) is 57.1 Å². The van der Waals surface area contributed by atoms with Crippen molar-refractivity contribution in [1.29, 1.82) is 0 Å². The van der Waals surface area contributed by atoms with Crippen molar-refractivity contribution in [1.82, 2.24) is 9.88 Å². The minimum absolute atomic E-state index is 0.491. The Kier molecular flexibility index (Phi) is 5.23. The highest BCUT2D eigenvalue weighted by atomic mass is 35.5. The minimum atomic E-state index is 0.491. The van der Waals surface area contributed by atoms with Gasteiger partial charge >= 0.3 is 0 Å². The van der Waals surface area contributed by atoms with E-state index < -0.39 is 0 Å². The van der Waals surface area contributed by atoms with Crippen LogP contribution in [0.5, 0.6) is 0 Å². The van der Waals surface area contributed by atoms with Crippen molar-refractivity contribution < 1.29 is 4.74 Å². The summed E-state index contributed by atoms with van der Waals surface area (Å²) in [6, 6.07) is 6.08. The van der Waals surface area contributed by atoms with Gasteiger partial charge in [-0.05, 0) is 18.6 Å². The molecule has 1 aliphatic rings. The Balaban J connectivity index is 1.83. The van der Waals surface area contributed by atoms with Gasteiger partial charge in [-0.2, -0.15) is 0 Å². The molecule has 1 aromatic heterocycles. The molecule has 1 saturated heterocycles. The molecule has 0 amide bonds. The molecule has 1 fully saturated rings. The molecule has 2 heterocycles. The fourth-order valence-electron chi connectivity index (χ4n) is 2.04. The fourth-order valence-corrected chi connectivity index (χ4v) is 2.19. The Morgan fingerprint density at radius 1 is 1.24 bits per heavy atom. The topological polar surface area (TPSA) is 25.4 Å². The van der Waals surface area contributed by atoms with E-state index in [4.69, 9.17) is 16.3 Å². The monoisotopic (exact) mass is 254 g/mol. The van der Waals surface area contributed by atoms with Gasteiger partial charge in [-0.25, -0.2) is 0 Å². The number of halogens is 1. The van der Waals surface area contributed by atoms with Crippen molar-refractivity contribution >= 4 is 11.6 Å². The van der Waals surface area contributed by atoms with Gasteiger partial charge in [0.15, 0.2) is 0 Å². The van der Waals surface area contributed by atoms with E-state index in [-0.39, 0.29) is 0 Å². The summed E-state index contributed by atoms with van der Waals surface area (Å²) in [5, 5.41) is 0. The van der Waals surface area contributed by atoms with E-state index in [1.165, 1.54) is 0 Å². The van der Waals surface area contributed by atoms with E-state index in [1.807, 2.05) is 12.1 Å². The lowest BCUT2D eigenvalue weighted by Gasteiger charge is -2.18. The molecule has 0 radical (unpaired) electrons. The number of aromatic nitrogens is 1. The standard InChI is InChI=1S/C13H19ClN2O/c14-11-13-4-1-3-12(15-13)5-7-16-6-2-9-17-10-8-16/h1,3-4H,2,5-11H2. The highest BCUT2D eigenvalue weighted by molar-refractivity contribution is 6.16. The summed E-state index contributed by atoms with van der Waals surface area (Å²) in [7, 11) is 0. The number of ether oxygens (including phenoxy) is 1. The fraction of sp³-hybridized carbons (Fsp3) is 0.615. The summed E-state index contributed by atoms with van der Waals surface area (Å²) in [4.78, 5) is 6.96. The average molecular weight is 255 g/mol. The van der Waals surface area contributed by atoms with Gasteiger partial charge in [-0.15, -0.1) is 11.6 Å². The Morgan fingerprint density at radius 3 is 3.00 bits per heavy atom. The molecule has 0 bridgehead atoms. The predicted molar refractivity (Wildman–Crippen MR) is 69.4 cm³/mol. The molecule has 2 rings (SSSR count). The van der Waals surface area contributed by atoms with E-state index in [1.54, 1.807) is 0 Å². The first kappa shape index (κ1) is 12.8. The van der Waals surface area contributed by atoms with Gasteiger partial charge in [0, 0.05) is 38.4 Å². The van der Waals surface area contributed by atoms with Crippen molar-refractivity contribution in [3.63, 3.8) is 0 Å². The summed E-state index contributed by atoms with van der Waals surface area (Å²) < 4.78 is 5.44. The lowest BCUT2D eigenvalue weighted by molar-refractivity contribution is 0.141. The van der Waals surface area contributed by atoms with Crippen LogP contribution >= 0.6 is 11.6 Å². The molecule has 0 spiro atoms. The third kappa shape index (κ3) is 4.26. The largest absolute Gasteiger partial charge is 0.380 e. The van der Waals surface area contributed by atoms with Crippen LogP contribution in [0.15, 0.2) is 18.2 Å². The SMILES string of the molecule is ClCc1cccc(CCN2CCCOCC2)n1. The van der Waals surface area contributed by atoms with E-state index in [0.29, 0.717) is 5.88 Å². The zero-order valence-corrected chi connectivity index (χ0v) is 10.8. The summed E-state index contributed by atoms with van der Waals surface area (Å²) in [5.41, 5.74) is 2.09. The Labute approximate surface area is 108 Å². The summed E-state index contributed by atoms with van der Waals surface area (Å²) in [6.45, 7) is 4.98. The number of alkyl halides is 1. The van der Waals surface area contributed by atoms with Crippen LogP contribution in [0.4, 0.5) is 0 Å². The average Bonchev–Trinajstić information content (AvgIpc) is 2.65. The molecule has 4 heteroatoms. The molecule has 0 saturated carbocycles. The molecule has 1 aromatic rings. The molecule has 3 nitrogen and oxygen atoms in total. The lowest BCUT2D eigenvalue weighted by Crippen LogP contribution is -2.28. The molecule has 1 aliphatic heterocycles. The second kappa shape index (κ2) is 6.94. The van der Waals surface area contributed by atoms with Crippen molar-refractivity contribution in [2.75, 3.05) is 32.8 Å². The molecular formula is C13H19ClN2O. The zero-order chi connectivity index (χ0) is 11.9. The normalized spacial score (nSPS) is 17.9. The Morgan fingerprint density at radius 2 is 2.12 bits per heavy atom. The lowest BCUT2D eigenvalue weighted by atomic mass is 10.2. The quantitative estimate of drug-likeness (QED) is 0.770. The van der Waals surface area contributed by atoms with Crippen molar-refractivity contribution in [2.45, 2.75) is 18.7 Å². The second-order valence-electron chi connectivity index (χ2n) is 4.31. The van der Waals surface area contributed by atoms with Gasteiger partial charge in [0.25, 0.3) is 0 Å². The van der Waals surface area contributed by atoms with Gasteiger partial charge in [0.1, 0.15) is 0 Å². The number of nitrogens with zero attached hydrogens (tertiary/aromatic N) is 2. The van der Waals surface area contributed by atoms with Crippen LogP contribution in [0, 0.1) is 0 Å². The van der Waals surface area contributed by atoms with Crippen LogP contribution in [-0.2, 0) is 17.0 Å². The number of hydrogen-bond donors (Lipinski definition) is 0. The Bertz CT molecular complexity index is 338. The van der Waals surface area contributed by atoms with Crippen LogP contribution in [0.25, 0.3) is 0 Å². The van der Waals surface area contributed by atoms with Crippen molar-refractivity contribution in [3.05, 3.63) is 29.6 Å². The van der Waals surface area contributed by atoms with E-state index in [9.17, 15) is 0 Å². The van der Waals surface area contributed by atoms with Crippen LogP contribution < -0.4 is 0 Å². The predicted octanol–water partition coefficient (Wildman–Crippen LogP) is 2.09. The summed E-state index contributed by atoms with van der Waals surface area (Å²) in [5.74, 6) is 0.491. The first-order valence-electron chi connectivity index (χ1n) is 6.19. The number of pyridine rings is 1. The third-order valence-corrected chi connectivity index (χ3v) is 3.27. The van der Waals surface area contributed by atoms with Gasteiger partial charge < -0.3 is 9.64 Å². The Hall–Kier alpha value is -0.640. The van der Waals surface area contributed by atoms with Crippen molar-refractivity contribution in [2.24, 2.45) is 0 Å². The smallest absolute Gasteiger partial charge is 0.0647 e. The van der Waals surface area contributed by atoms with E-state index >= 15 is 0 Å². The van der Waals surface area contributed by atoms with Gasteiger partial charge in [0.05, 0.1) is 18.2 Å². The number of hydrogen-bond acceptors (Lipinski definition) is 3. The second-order valence-corrected chi connectivity index (χ2v) is 4.58. The van der Waals surface area contributed by atoms with Crippen molar-refractivity contribution in [3.8, 4) is 0 Å². The first-order valence-corrected chi connectivity index (χ1v) is 6.73. The maximum absolute atomic E-state index is 5.78. The molecule has 0 unspecified atom stereocenters. The summed E-state index contributed by atoms with van der Waals surface area (Å²) in [6.07, 6.45) is 2.12. The molecule has 94 valence electrons. The highest BCUT2D eigenvalue weighted by Gasteiger charge is 2.09. The van der Waals surface area contributed by atoms with Crippen LogP contribution in [0.3, 0.4) is 0 Å². The number of rotatable bonds is 4. The molecular weight excluding hydrogens is 236 g/mol. The molecule has 17 heavy (non-hydrogen) atoms. The molecule has 0 N–H and O–H groups in total. The van der Waals surface area contributed by atoms with E-state index in [2.05, 4.69) is 16.0 Å². The highest BCUT2D eigenvalue weighted by Crippen LogP contribution is 2.05. The van der Waals surface area contributed by atoms with Crippen LogP contribution in [-0.4, -0.2) is 42.7 Å². The summed E-state index contributed by atoms with van der Waals surface area (Å²) >= 11 is 5.78. The minimum Gasteiger partial charge on any atom is -0.380 e. The molecule has 0 atom stereocenters. The van der Waals surface area contributed by atoms with Crippen LogP contribution in [0.2, 0.25) is 0 Å². The zero-order valence-electron chi connectivity index (χ0n) is 10.1. The maximum atomic E-state index is 5.78. The third-order valence-electron chi connectivity index (χ3n) is 3.00.